The lowest BCUT2D eigenvalue weighted by Gasteiger charge is -2.30. The molecule has 6 heteroatoms. The van der Waals surface area contributed by atoms with E-state index in [-0.39, 0.29) is 17.9 Å². The van der Waals surface area contributed by atoms with Gasteiger partial charge in [-0.05, 0) is 42.9 Å². The number of rotatable bonds is 3. The van der Waals surface area contributed by atoms with Crippen LogP contribution >= 0.6 is 0 Å². The minimum atomic E-state index is -0.205. The number of aromatic nitrogens is 3. The molecule has 6 nitrogen and oxygen atoms in total. The fraction of sp³-hybridized carbons (Fsp3) is 0.381. The molecule has 3 heterocycles. The molecule has 1 aliphatic heterocycles. The molecule has 1 amide bonds. The molecule has 2 aromatic heterocycles. The van der Waals surface area contributed by atoms with Crippen molar-refractivity contribution in [3.8, 4) is 0 Å². The zero-order valence-electron chi connectivity index (χ0n) is 16.0. The highest BCUT2D eigenvalue weighted by molar-refractivity contribution is 5.96. The summed E-state index contributed by atoms with van der Waals surface area (Å²) in [4.78, 5) is 32.0. The Labute approximate surface area is 157 Å². The molecule has 27 heavy (non-hydrogen) atoms. The number of fused-ring (bicyclic) bond motifs is 2. The van der Waals surface area contributed by atoms with Crippen LogP contribution in [0.2, 0.25) is 0 Å². The molecule has 0 spiro atoms. The fourth-order valence-electron chi connectivity index (χ4n) is 3.79. The normalized spacial score (nSPS) is 14.0. The number of carbonyl (C=O) groups excluding carboxylic acids is 1. The Morgan fingerprint density at radius 1 is 1.30 bits per heavy atom. The molecular weight excluding hydrogens is 340 g/mol. The lowest BCUT2D eigenvalue weighted by atomic mass is 9.94. The fourth-order valence-corrected chi connectivity index (χ4v) is 3.79. The summed E-state index contributed by atoms with van der Waals surface area (Å²) in [5.74, 6) is 0.407. The van der Waals surface area contributed by atoms with Gasteiger partial charge in [0.1, 0.15) is 0 Å². The van der Waals surface area contributed by atoms with Gasteiger partial charge in [-0.25, -0.2) is 9.50 Å². The Balaban J connectivity index is 1.66. The molecule has 0 saturated heterocycles. The molecule has 140 valence electrons. The number of amides is 1. The first-order valence-corrected chi connectivity index (χ1v) is 9.44. The first kappa shape index (κ1) is 17.5. The van der Waals surface area contributed by atoms with Gasteiger partial charge in [0.05, 0.1) is 6.42 Å². The Bertz CT molecular complexity index is 1080. The van der Waals surface area contributed by atoms with Crippen LogP contribution < -0.4 is 10.5 Å². The summed E-state index contributed by atoms with van der Waals surface area (Å²) in [5, 5.41) is 2.86. The van der Waals surface area contributed by atoms with Gasteiger partial charge < -0.3 is 4.90 Å². The Kier molecular flexibility index (Phi) is 4.34. The summed E-state index contributed by atoms with van der Waals surface area (Å²) in [5.41, 5.74) is 4.90. The summed E-state index contributed by atoms with van der Waals surface area (Å²) in [7, 11) is 0. The van der Waals surface area contributed by atoms with E-state index in [0.717, 1.165) is 18.5 Å². The van der Waals surface area contributed by atoms with E-state index in [1.165, 1.54) is 15.6 Å². The molecule has 0 unspecified atom stereocenters. The van der Waals surface area contributed by atoms with Gasteiger partial charge in [-0.1, -0.05) is 26.0 Å². The molecule has 0 aliphatic carbocycles. The van der Waals surface area contributed by atoms with E-state index in [1.807, 2.05) is 11.0 Å². The SMILES string of the molecule is Cc1nc2cc[nH]n2c(=O)c1CC(=O)N1CCCc2cc(C(C)C)ccc21. The van der Waals surface area contributed by atoms with Crippen molar-refractivity contribution in [2.75, 3.05) is 11.4 Å². The first-order chi connectivity index (χ1) is 13.0. The Morgan fingerprint density at radius 2 is 2.11 bits per heavy atom. The van der Waals surface area contributed by atoms with Crippen LogP contribution in [0.1, 0.15) is 48.6 Å². The monoisotopic (exact) mass is 364 g/mol. The van der Waals surface area contributed by atoms with Crippen LogP contribution in [0.5, 0.6) is 0 Å². The first-order valence-electron chi connectivity index (χ1n) is 9.44. The highest BCUT2D eigenvalue weighted by Crippen LogP contribution is 2.30. The standard InChI is InChI=1S/C21H24N4O2/c1-13(2)15-6-7-18-16(11-15)5-4-10-24(18)20(26)12-17-14(3)23-19-8-9-22-25(19)21(17)27/h6-9,11,13,22H,4-5,10,12H2,1-3H3. The number of nitrogens with one attached hydrogen (secondary N) is 1. The van der Waals surface area contributed by atoms with Crippen LogP contribution in [-0.2, 0) is 17.6 Å². The number of aryl methyl sites for hydroxylation is 2. The third kappa shape index (κ3) is 3.05. The molecule has 1 N–H and O–H groups in total. The number of H-pyrrole nitrogens is 1. The summed E-state index contributed by atoms with van der Waals surface area (Å²) in [6.45, 7) is 6.82. The molecule has 4 rings (SSSR count). The second-order valence-electron chi connectivity index (χ2n) is 7.51. The number of aromatic amines is 1. The van der Waals surface area contributed by atoms with Crippen molar-refractivity contribution in [1.29, 1.82) is 0 Å². The predicted octanol–water partition coefficient (Wildman–Crippen LogP) is 2.98. The molecule has 3 aromatic rings. The van der Waals surface area contributed by atoms with E-state index in [4.69, 9.17) is 0 Å². The second kappa shape index (κ2) is 6.68. The van der Waals surface area contributed by atoms with Crippen molar-refractivity contribution in [1.82, 2.24) is 14.6 Å². The van der Waals surface area contributed by atoms with Crippen molar-refractivity contribution < 1.29 is 4.79 Å². The third-order valence-electron chi connectivity index (χ3n) is 5.36. The number of hydrogen-bond donors (Lipinski definition) is 1. The van der Waals surface area contributed by atoms with E-state index < -0.39 is 0 Å². The highest BCUT2D eigenvalue weighted by Gasteiger charge is 2.25. The van der Waals surface area contributed by atoms with E-state index in [2.05, 4.69) is 36.1 Å². The molecule has 0 atom stereocenters. The molecule has 0 bridgehead atoms. The van der Waals surface area contributed by atoms with Crippen molar-refractivity contribution in [3.63, 3.8) is 0 Å². The molecular formula is C21H24N4O2. The van der Waals surface area contributed by atoms with Gasteiger partial charge in [-0.15, -0.1) is 0 Å². The van der Waals surface area contributed by atoms with Gasteiger partial charge in [-0.2, -0.15) is 0 Å². The van der Waals surface area contributed by atoms with Gasteiger partial charge >= 0.3 is 0 Å². The van der Waals surface area contributed by atoms with Crippen molar-refractivity contribution in [3.05, 3.63) is 63.2 Å². The van der Waals surface area contributed by atoms with Gasteiger partial charge in [-0.3, -0.25) is 14.7 Å². The van der Waals surface area contributed by atoms with Crippen molar-refractivity contribution in [2.45, 2.75) is 46.0 Å². The van der Waals surface area contributed by atoms with E-state index >= 15 is 0 Å². The topological polar surface area (TPSA) is 70.5 Å². The quantitative estimate of drug-likeness (QED) is 0.777. The van der Waals surface area contributed by atoms with E-state index in [0.29, 0.717) is 29.4 Å². The Morgan fingerprint density at radius 3 is 2.89 bits per heavy atom. The molecule has 0 fully saturated rings. The summed E-state index contributed by atoms with van der Waals surface area (Å²) in [6.07, 6.45) is 3.65. The minimum absolute atomic E-state index is 0.0539. The minimum Gasteiger partial charge on any atom is -0.312 e. The van der Waals surface area contributed by atoms with E-state index in [9.17, 15) is 9.59 Å². The van der Waals surface area contributed by atoms with E-state index in [1.54, 1.807) is 19.2 Å². The van der Waals surface area contributed by atoms with Gasteiger partial charge in [0.2, 0.25) is 5.91 Å². The summed E-state index contributed by atoms with van der Waals surface area (Å²) in [6, 6.07) is 8.11. The molecule has 1 aromatic carbocycles. The zero-order chi connectivity index (χ0) is 19.1. The van der Waals surface area contributed by atoms with Crippen LogP contribution in [0.4, 0.5) is 5.69 Å². The molecule has 0 radical (unpaired) electrons. The number of benzene rings is 1. The smallest absolute Gasteiger partial charge is 0.276 e. The number of hydrogen-bond acceptors (Lipinski definition) is 3. The number of anilines is 1. The maximum Gasteiger partial charge on any atom is 0.276 e. The Hall–Kier alpha value is -2.89. The number of nitrogens with zero attached hydrogens (tertiary/aromatic N) is 3. The van der Waals surface area contributed by atoms with Crippen molar-refractivity contribution in [2.24, 2.45) is 0 Å². The van der Waals surface area contributed by atoms with Crippen LogP contribution in [0.15, 0.2) is 35.3 Å². The zero-order valence-corrected chi connectivity index (χ0v) is 16.0. The van der Waals surface area contributed by atoms with Crippen molar-refractivity contribution >= 4 is 17.2 Å². The van der Waals surface area contributed by atoms with Gasteiger partial charge in [0.25, 0.3) is 5.56 Å². The van der Waals surface area contributed by atoms with Crippen LogP contribution in [0.25, 0.3) is 5.65 Å². The largest absolute Gasteiger partial charge is 0.312 e. The average molecular weight is 364 g/mol. The maximum atomic E-state index is 13.1. The second-order valence-corrected chi connectivity index (χ2v) is 7.51. The summed E-state index contributed by atoms with van der Waals surface area (Å²) < 4.78 is 1.38. The van der Waals surface area contributed by atoms with Gasteiger partial charge in [0.15, 0.2) is 5.65 Å². The number of carbonyl (C=O) groups is 1. The predicted molar refractivity (Wildman–Crippen MR) is 105 cm³/mol. The van der Waals surface area contributed by atoms with Gasteiger partial charge in [0, 0.05) is 35.8 Å². The lowest BCUT2D eigenvalue weighted by molar-refractivity contribution is -0.118. The summed E-state index contributed by atoms with van der Waals surface area (Å²) >= 11 is 0. The molecule has 0 saturated carbocycles. The molecule has 1 aliphatic rings. The average Bonchev–Trinajstić information content (AvgIpc) is 3.12. The highest BCUT2D eigenvalue weighted by atomic mass is 16.2. The third-order valence-corrected chi connectivity index (χ3v) is 5.36. The van der Waals surface area contributed by atoms with Crippen LogP contribution in [-0.4, -0.2) is 27.0 Å². The maximum absolute atomic E-state index is 13.1. The lowest BCUT2D eigenvalue weighted by Crippen LogP contribution is -2.38. The van der Waals surface area contributed by atoms with Crippen LogP contribution in [0.3, 0.4) is 0 Å². The van der Waals surface area contributed by atoms with Crippen LogP contribution in [0, 0.1) is 6.92 Å².